The van der Waals surface area contributed by atoms with Crippen LogP contribution in [0, 0.1) is 17.8 Å². The highest BCUT2D eigenvalue weighted by Gasteiger charge is 2.58. The van der Waals surface area contributed by atoms with Crippen LogP contribution in [0.2, 0.25) is 5.04 Å². The first-order valence-electron chi connectivity index (χ1n) is 21.2. The van der Waals surface area contributed by atoms with Crippen molar-refractivity contribution < 1.29 is 50.2 Å². The molecule has 332 valence electrons. The van der Waals surface area contributed by atoms with E-state index in [4.69, 9.17) is 9.16 Å². The molecule has 64 heavy (non-hydrogen) atoms. The third kappa shape index (κ3) is 8.48. The second-order valence-corrected chi connectivity index (χ2v) is 22.0. The van der Waals surface area contributed by atoms with Crippen molar-refractivity contribution in [3.05, 3.63) is 167 Å². The zero-order valence-corrected chi connectivity index (χ0v) is 36.4. The predicted octanol–water partition coefficient (Wildman–Crippen LogP) is 10.8. The summed E-state index contributed by atoms with van der Waals surface area (Å²) in [5.74, 6) is -4.54. The number of para-hydroxylation sites is 1. The van der Waals surface area contributed by atoms with Gasteiger partial charge in [-0.2, -0.15) is 26.3 Å². The van der Waals surface area contributed by atoms with Gasteiger partial charge >= 0.3 is 12.4 Å². The van der Waals surface area contributed by atoms with Crippen molar-refractivity contribution in [1.82, 2.24) is 0 Å². The largest absolute Gasteiger partial charge is 0.507 e. The normalized spacial score (nSPS) is 20.8. The fourth-order valence-corrected chi connectivity index (χ4v) is 14.5. The molecule has 4 atom stereocenters. The summed E-state index contributed by atoms with van der Waals surface area (Å²) < 4.78 is 98.4. The summed E-state index contributed by atoms with van der Waals surface area (Å²) in [5.41, 5.74) is -0.119. The number of nitrogens with zero attached hydrogens (tertiary/aromatic N) is 1. The molecule has 6 nitrogen and oxygen atoms in total. The number of carbonyl (C=O) groups excluding carboxylic acids is 2. The molecule has 1 aliphatic carbocycles. The molecule has 2 aliphatic heterocycles. The lowest BCUT2D eigenvalue weighted by Gasteiger charge is -2.44. The number of halogens is 6. The Bertz CT molecular complexity index is 2520. The van der Waals surface area contributed by atoms with Crippen LogP contribution in [0.5, 0.6) is 5.75 Å². The minimum atomic E-state index is -5.19. The van der Waals surface area contributed by atoms with E-state index < -0.39 is 78.2 Å². The van der Waals surface area contributed by atoms with Gasteiger partial charge in [-0.15, -0.1) is 0 Å². The molecule has 2 saturated heterocycles. The van der Waals surface area contributed by atoms with Gasteiger partial charge in [0, 0.05) is 11.5 Å². The molecule has 5 aromatic rings. The number of fused-ring (bicyclic) bond motifs is 3. The number of amides is 2. The van der Waals surface area contributed by atoms with E-state index in [0.29, 0.717) is 35.4 Å². The number of rotatable bonds is 11. The number of allylic oxidation sites excluding steroid dienone is 1. The van der Waals surface area contributed by atoms with Gasteiger partial charge in [0.15, 0.2) is 0 Å². The Labute approximate surface area is 369 Å². The first kappa shape index (κ1) is 44.8. The van der Waals surface area contributed by atoms with E-state index in [2.05, 4.69) is 20.8 Å². The number of anilines is 1. The molecule has 0 bridgehead atoms. The fourth-order valence-electron chi connectivity index (χ4n) is 9.92. The van der Waals surface area contributed by atoms with Gasteiger partial charge in [0.25, 0.3) is 8.32 Å². The van der Waals surface area contributed by atoms with Crippen molar-refractivity contribution in [2.75, 3.05) is 18.1 Å². The van der Waals surface area contributed by atoms with Gasteiger partial charge in [-0.25, -0.2) is 4.90 Å². The summed E-state index contributed by atoms with van der Waals surface area (Å²) in [6.07, 6.45) is -8.19. The van der Waals surface area contributed by atoms with E-state index in [-0.39, 0.29) is 31.5 Å². The van der Waals surface area contributed by atoms with Crippen LogP contribution in [-0.2, 0) is 31.1 Å². The predicted molar refractivity (Wildman–Crippen MR) is 236 cm³/mol. The molecule has 5 aromatic carbocycles. The topological polar surface area (TPSA) is 76.1 Å². The summed E-state index contributed by atoms with van der Waals surface area (Å²) in [7, 11) is -3.19. The molecule has 2 heterocycles. The molecule has 1 N–H and O–H groups in total. The highest BCUT2D eigenvalue weighted by atomic mass is 28.4. The lowest BCUT2D eigenvalue weighted by molar-refractivity contribution is -0.143. The van der Waals surface area contributed by atoms with E-state index in [1.54, 1.807) is 18.2 Å². The molecule has 2 amide bonds. The Kier molecular flexibility index (Phi) is 12.1. The molecule has 0 radical (unpaired) electrons. The Balaban J connectivity index is 1.22. The molecule has 2 fully saturated rings. The van der Waals surface area contributed by atoms with Crippen LogP contribution >= 0.6 is 0 Å². The average Bonchev–Trinajstić information content (AvgIpc) is 3.80. The lowest BCUT2D eigenvalue weighted by atomic mass is 9.69. The molecule has 8 rings (SSSR count). The number of carbonyl (C=O) groups is 2. The second kappa shape index (κ2) is 17.3. The van der Waals surface area contributed by atoms with Crippen LogP contribution in [0.4, 0.5) is 32.0 Å². The van der Waals surface area contributed by atoms with Gasteiger partial charge in [0.2, 0.25) is 11.8 Å². The number of hydrogen-bond acceptors (Lipinski definition) is 5. The molecular formula is C51H47F6NO5Si. The third-order valence-electron chi connectivity index (χ3n) is 12.8. The van der Waals surface area contributed by atoms with E-state index in [9.17, 15) is 41.0 Å². The standard InChI is InChI=1S/C51H47F6NO5Si/c1-49(2,3)64(39-18-9-5-10-19-39,40-20-11-6-12-21-40)63-30-35-26-41-46(48(61)58(47(41)60)38-28-36(50(52,53)54)27-37(29-38)51(55,56)57)42-31-62-44(45(35)42)24-23-33(32-15-7-4-8-16-32)25-34-17-13-14-22-43(34)59/h4-22,25,27-29,41-42,44,46,59H,23-24,26,30-31H2,1-3H3/b33-25-/t41-,42+,44-,46-/m1/s1. The van der Waals surface area contributed by atoms with E-state index in [1.165, 1.54) is 0 Å². The fraction of sp³-hybridized carbons (Fsp3) is 0.294. The third-order valence-corrected chi connectivity index (χ3v) is 17.8. The monoisotopic (exact) mass is 895 g/mol. The number of phenols is 1. The molecule has 0 spiro atoms. The molecule has 13 heteroatoms. The summed E-state index contributed by atoms with van der Waals surface area (Å²) in [6, 6.07) is 37.4. The molecule has 0 unspecified atom stereocenters. The lowest BCUT2D eigenvalue weighted by Crippen LogP contribution is -2.66. The Hall–Kier alpha value is -5.76. The zero-order valence-electron chi connectivity index (χ0n) is 35.4. The first-order chi connectivity index (χ1) is 30.4. The van der Waals surface area contributed by atoms with E-state index in [0.717, 1.165) is 32.7 Å². The van der Waals surface area contributed by atoms with Crippen molar-refractivity contribution in [3.8, 4) is 5.75 Å². The second-order valence-electron chi connectivity index (χ2n) is 17.7. The minimum absolute atomic E-state index is 0.00299. The zero-order chi connectivity index (χ0) is 45.6. The SMILES string of the molecule is CC(C)(C)[Si](OCC1=C2[C@@H](CC/C(=C/c3ccccc3O)c3ccccc3)OC[C@@H]2[C@@H]2C(=O)N(c3cc(C(F)(F)F)cc(C(F)(F)F)c3)C(=O)[C@@H]2C1)(c1ccccc1)c1ccccc1. The Morgan fingerprint density at radius 3 is 1.84 bits per heavy atom. The van der Waals surface area contributed by atoms with Crippen molar-refractivity contribution in [2.24, 2.45) is 17.8 Å². The van der Waals surface area contributed by atoms with Crippen LogP contribution in [0.25, 0.3) is 11.6 Å². The van der Waals surface area contributed by atoms with Gasteiger partial charge in [-0.3, -0.25) is 9.59 Å². The maximum absolute atomic E-state index is 14.5. The van der Waals surface area contributed by atoms with Crippen LogP contribution in [0.3, 0.4) is 0 Å². The Morgan fingerprint density at radius 1 is 0.750 bits per heavy atom. The van der Waals surface area contributed by atoms with Crippen LogP contribution in [0.1, 0.15) is 62.3 Å². The number of alkyl halides is 6. The average molecular weight is 896 g/mol. The quantitative estimate of drug-likeness (QED) is 0.0470. The molecular weight excluding hydrogens is 849 g/mol. The van der Waals surface area contributed by atoms with Crippen molar-refractivity contribution in [3.63, 3.8) is 0 Å². The Morgan fingerprint density at radius 2 is 1.30 bits per heavy atom. The highest BCUT2D eigenvalue weighted by molar-refractivity contribution is 6.99. The molecule has 0 aromatic heterocycles. The number of aromatic hydroxyl groups is 1. The van der Waals surface area contributed by atoms with E-state index in [1.807, 2.05) is 103 Å². The van der Waals surface area contributed by atoms with Gasteiger partial charge in [0.1, 0.15) is 5.75 Å². The molecule has 3 aliphatic rings. The van der Waals surface area contributed by atoms with Crippen molar-refractivity contribution >= 4 is 47.8 Å². The number of benzene rings is 5. The van der Waals surface area contributed by atoms with Crippen LogP contribution in [-0.4, -0.2) is 44.6 Å². The van der Waals surface area contributed by atoms with E-state index >= 15 is 0 Å². The maximum Gasteiger partial charge on any atom is 0.416 e. The number of imide groups is 1. The number of phenolic OH excluding ortho intramolecular Hbond substituents is 1. The van der Waals surface area contributed by atoms with Gasteiger partial charge < -0.3 is 14.3 Å². The van der Waals surface area contributed by atoms with Gasteiger partial charge in [-0.05, 0) is 87.3 Å². The minimum Gasteiger partial charge on any atom is -0.507 e. The van der Waals surface area contributed by atoms with Crippen LogP contribution < -0.4 is 15.3 Å². The van der Waals surface area contributed by atoms with Crippen molar-refractivity contribution in [2.45, 2.75) is 63.5 Å². The number of ether oxygens (including phenoxy) is 1. The summed E-state index contributed by atoms with van der Waals surface area (Å²) in [4.78, 5) is 29.5. The highest BCUT2D eigenvalue weighted by Crippen LogP contribution is 2.52. The van der Waals surface area contributed by atoms with Crippen molar-refractivity contribution in [1.29, 1.82) is 0 Å². The van der Waals surface area contributed by atoms with Gasteiger partial charge in [-0.1, -0.05) is 130 Å². The first-order valence-corrected chi connectivity index (χ1v) is 23.1. The van der Waals surface area contributed by atoms with Gasteiger partial charge in [0.05, 0.1) is 48.0 Å². The summed E-state index contributed by atoms with van der Waals surface area (Å²) >= 11 is 0. The smallest absolute Gasteiger partial charge is 0.416 e. The summed E-state index contributed by atoms with van der Waals surface area (Å²) in [6.45, 7) is 6.41. The number of hydrogen-bond donors (Lipinski definition) is 1. The maximum atomic E-state index is 14.5. The summed E-state index contributed by atoms with van der Waals surface area (Å²) in [5, 5.41) is 12.3. The molecule has 0 saturated carbocycles. The van der Waals surface area contributed by atoms with Crippen LogP contribution in [0.15, 0.2) is 145 Å².